The molecule has 0 aliphatic heterocycles. The van der Waals surface area contributed by atoms with Gasteiger partial charge in [-0.15, -0.1) is 11.3 Å². The molecule has 4 heteroatoms. The standard InChI is InChI=1S/C14H19NO2S/c1-9-7-12(11(3)17-9)10(2)15-8-13(16)14-5-4-6-18-14/h4-7,10,13,15-16H,8H2,1-3H3. The lowest BCUT2D eigenvalue weighted by Crippen LogP contribution is -2.24. The summed E-state index contributed by atoms with van der Waals surface area (Å²) in [5.41, 5.74) is 1.16. The van der Waals surface area contributed by atoms with E-state index >= 15 is 0 Å². The number of aliphatic hydroxyl groups excluding tert-OH is 1. The molecule has 2 N–H and O–H groups in total. The normalized spacial score (nSPS) is 14.7. The number of furan rings is 1. The van der Waals surface area contributed by atoms with Gasteiger partial charge in [0.2, 0.25) is 0 Å². The highest BCUT2D eigenvalue weighted by Gasteiger charge is 2.14. The predicted molar refractivity (Wildman–Crippen MR) is 73.9 cm³/mol. The van der Waals surface area contributed by atoms with Crippen LogP contribution in [0.2, 0.25) is 0 Å². The van der Waals surface area contributed by atoms with Crippen LogP contribution < -0.4 is 5.32 Å². The van der Waals surface area contributed by atoms with Gasteiger partial charge in [0.25, 0.3) is 0 Å². The highest BCUT2D eigenvalue weighted by atomic mass is 32.1. The molecule has 0 amide bonds. The Hall–Kier alpha value is -1.10. The molecular weight excluding hydrogens is 246 g/mol. The quantitative estimate of drug-likeness (QED) is 0.871. The molecule has 0 bridgehead atoms. The fourth-order valence-corrected chi connectivity index (χ4v) is 2.77. The third-order valence-electron chi connectivity index (χ3n) is 3.03. The van der Waals surface area contributed by atoms with Gasteiger partial charge in [0, 0.05) is 23.0 Å². The number of nitrogens with one attached hydrogen (secondary N) is 1. The molecule has 0 aliphatic rings. The van der Waals surface area contributed by atoms with Crippen LogP contribution in [-0.2, 0) is 0 Å². The van der Waals surface area contributed by atoms with Crippen LogP contribution in [0.15, 0.2) is 28.0 Å². The van der Waals surface area contributed by atoms with Crippen molar-refractivity contribution in [2.75, 3.05) is 6.54 Å². The zero-order valence-corrected chi connectivity index (χ0v) is 11.8. The van der Waals surface area contributed by atoms with Gasteiger partial charge in [0.05, 0.1) is 0 Å². The summed E-state index contributed by atoms with van der Waals surface area (Å²) in [4.78, 5) is 0.995. The Morgan fingerprint density at radius 3 is 2.78 bits per heavy atom. The minimum atomic E-state index is -0.444. The maximum Gasteiger partial charge on any atom is 0.105 e. The van der Waals surface area contributed by atoms with Gasteiger partial charge in [-0.2, -0.15) is 0 Å². The zero-order valence-electron chi connectivity index (χ0n) is 10.9. The van der Waals surface area contributed by atoms with E-state index in [0.717, 1.165) is 22.0 Å². The van der Waals surface area contributed by atoms with Gasteiger partial charge in [-0.3, -0.25) is 0 Å². The maximum absolute atomic E-state index is 10.0. The second-order valence-electron chi connectivity index (χ2n) is 4.53. The first-order valence-electron chi connectivity index (χ1n) is 6.09. The Bertz CT molecular complexity index is 490. The third-order valence-corrected chi connectivity index (χ3v) is 4.01. The van der Waals surface area contributed by atoms with Crippen LogP contribution in [-0.4, -0.2) is 11.7 Å². The maximum atomic E-state index is 10.0. The van der Waals surface area contributed by atoms with Gasteiger partial charge in [-0.05, 0) is 38.3 Å². The van der Waals surface area contributed by atoms with Gasteiger partial charge < -0.3 is 14.8 Å². The molecule has 0 radical (unpaired) electrons. The largest absolute Gasteiger partial charge is 0.466 e. The fourth-order valence-electron chi connectivity index (χ4n) is 2.06. The Balaban J connectivity index is 1.92. The molecule has 3 nitrogen and oxygen atoms in total. The summed E-state index contributed by atoms with van der Waals surface area (Å²) in [6.07, 6.45) is -0.444. The minimum absolute atomic E-state index is 0.178. The highest BCUT2D eigenvalue weighted by Crippen LogP contribution is 2.23. The number of rotatable bonds is 5. The van der Waals surface area contributed by atoms with E-state index in [-0.39, 0.29) is 6.04 Å². The van der Waals surface area contributed by atoms with Crippen LogP contribution >= 0.6 is 11.3 Å². The highest BCUT2D eigenvalue weighted by molar-refractivity contribution is 7.10. The van der Waals surface area contributed by atoms with E-state index in [2.05, 4.69) is 12.2 Å². The molecule has 0 fully saturated rings. The van der Waals surface area contributed by atoms with Crippen molar-refractivity contribution >= 4 is 11.3 Å². The van der Waals surface area contributed by atoms with Crippen molar-refractivity contribution < 1.29 is 9.52 Å². The lowest BCUT2D eigenvalue weighted by Gasteiger charge is -2.16. The van der Waals surface area contributed by atoms with Gasteiger partial charge in [-0.25, -0.2) is 0 Å². The van der Waals surface area contributed by atoms with Crippen molar-refractivity contribution in [3.8, 4) is 0 Å². The smallest absolute Gasteiger partial charge is 0.105 e. The van der Waals surface area contributed by atoms with Crippen molar-refractivity contribution in [1.82, 2.24) is 5.32 Å². The predicted octanol–water partition coefficient (Wildman–Crippen LogP) is 3.34. The van der Waals surface area contributed by atoms with Crippen LogP contribution in [0, 0.1) is 13.8 Å². The van der Waals surface area contributed by atoms with Crippen molar-refractivity contribution in [3.05, 3.63) is 45.5 Å². The van der Waals surface area contributed by atoms with E-state index in [0.29, 0.717) is 6.54 Å². The Labute approximate surface area is 111 Å². The second-order valence-corrected chi connectivity index (χ2v) is 5.51. The monoisotopic (exact) mass is 265 g/mol. The Kier molecular flexibility index (Phi) is 4.22. The van der Waals surface area contributed by atoms with Crippen LogP contribution in [0.5, 0.6) is 0 Å². The van der Waals surface area contributed by atoms with Crippen LogP contribution in [0.4, 0.5) is 0 Å². The number of hydrogen-bond acceptors (Lipinski definition) is 4. The molecule has 2 aromatic rings. The van der Waals surface area contributed by atoms with Crippen molar-refractivity contribution in [2.24, 2.45) is 0 Å². The van der Waals surface area contributed by atoms with E-state index in [4.69, 9.17) is 4.42 Å². The van der Waals surface area contributed by atoms with E-state index in [1.165, 1.54) is 0 Å². The lowest BCUT2D eigenvalue weighted by atomic mass is 10.1. The van der Waals surface area contributed by atoms with Crippen LogP contribution in [0.3, 0.4) is 0 Å². The van der Waals surface area contributed by atoms with Crippen LogP contribution in [0.1, 0.15) is 41.0 Å². The summed E-state index contributed by atoms with van der Waals surface area (Å²) < 4.78 is 5.51. The Morgan fingerprint density at radius 1 is 1.44 bits per heavy atom. The zero-order chi connectivity index (χ0) is 13.1. The molecule has 2 atom stereocenters. The summed E-state index contributed by atoms with van der Waals surface area (Å²) in [5, 5.41) is 15.3. The summed E-state index contributed by atoms with van der Waals surface area (Å²) >= 11 is 1.58. The molecule has 0 spiro atoms. The van der Waals surface area contributed by atoms with E-state index in [1.54, 1.807) is 11.3 Å². The van der Waals surface area contributed by atoms with E-state index in [1.807, 2.05) is 37.4 Å². The molecule has 0 aliphatic carbocycles. The van der Waals surface area contributed by atoms with E-state index < -0.39 is 6.10 Å². The molecule has 98 valence electrons. The minimum Gasteiger partial charge on any atom is -0.466 e. The molecule has 2 aromatic heterocycles. The topological polar surface area (TPSA) is 45.4 Å². The van der Waals surface area contributed by atoms with Crippen LogP contribution in [0.25, 0.3) is 0 Å². The second kappa shape index (κ2) is 5.69. The first-order chi connectivity index (χ1) is 8.58. The van der Waals surface area contributed by atoms with Crippen molar-refractivity contribution in [3.63, 3.8) is 0 Å². The number of hydrogen-bond donors (Lipinski definition) is 2. The lowest BCUT2D eigenvalue weighted by molar-refractivity contribution is 0.174. The molecule has 0 saturated heterocycles. The summed E-state index contributed by atoms with van der Waals surface area (Å²) in [5.74, 6) is 1.87. The molecule has 0 saturated carbocycles. The first kappa shape index (κ1) is 13.3. The number of thiophene rings is 1. The van der Waals surface area contributed by atoms with Crippen molar-refractivity contribution in [1.29, 1.82) is 0 Å². The number of aryl methyl sites for hydroxylation is 2. The molecule has 2 heterocycles. The van der Waals surface area contributed by atoms with Gasteiger partial charge in [0.1, 0.15) is 17.6 Å². The van der Waals surface area contributed by atoms with Crippen molar-refractivity contribution in [2.45, 2.75) is 32.9 Å². The van der Waals surface area contributed by atoms with Gasteiger partial charge in [-0.1, -0.05) is 6.07 Å². The number of aliphatic hydroxyl groups is 1. The van der Waals surface area contributed by atoms with Gasteiger partial charge in [0.15, 0.2) is 0 Å². The summed E-state index contributed by atoms with van der Waals surface area (Å²) in [6.45, 7) is 6.55. The summed E-state index contributed by atoms with van der Waals surface area (Å²) in [7, 11) is 0. The van der Waals surface area contributed by atoms with E-state index in [9.17, 15) is 5.11 Å². The third kappa shape index (κ3) is 3.02. The van der Waals surface area contributed by atoms with Gasteiger partial charge >= 0.3 is 0 Å². The molecule has 2 rings (SSSR count). The fraction of sp³-hybridized carbons (Fsp3) is 0.429. The SMILES string of the molecule is Cc1cc(C(C)NCC(O)c2cccs2)c(C)o1. The molecule has 0 aromatic carbocycles. The molecule has 2 unspecified atom stereocenters. The molecule has 18 heavy (non-hydrogen) atoms. The Morgan fingerprint density at radius 2 is 2.22 bits per heavy atom. The average Bonchev–Trinajstić information content (AvgIpc) is 2.95. The summed E-state index contributed by atoms with van der Waals surface area (Å²) in [6, 6.07) is 6.13. The average molecular weight is 265 g/mol. The first-order valence-corrected chi connectivity index (χ1v) is 6.97. The molecular formula is C14H19NO2S.